The lowest BCUT2D eigenvalue weighted by molar-refractivity contribution is 0.112. The number of nitrogens with one attached hydrogen (secondary N) is 1. The van der Waals surface area contributed by atoms with Gasteiger partial charge in [-0.15, -0.1) is 6.42 Å². The Hall–Kier alpha value is -4.04. The predicted octanol–water partition coefficient (Wildman–Crippen LogP) is 5.87. The zero-order valence-corrected chi connectivity index (χ0v) is 28.0. The summed E-state index contributed by atoms with van der Waals surface area (Å²) in [6.07, 6.45) is 10.1. The summed E-state index contributed by atoms with van der Waals surface area (Å²) in [4.78, 5) is 14.6. The lowest BCUT2D eigenvalue weighted by Crippen LogP contribution is -2.51. The lowest BCUT2D eigenvalue weighted by atomic mass is 9.71. The topological polar surface area (TPSA) is 83.0 Å². The number of likely N-dealkylation sites (tertiary alicyclic amines) is 1. The van der Waals surface area contributed by atoms with Crippen LogP contribution in [0, 0.1) is 40.2 Å². The molecular formula is C39H41F2N5O3. The van der Waals surface area contributed by atoms with Crippen LogP contribution in [0.1, 0.15) is 45.1 Å². The van der Waals surface area contributed by atoms with Gasteiger partial charge in [-0.2, -0.15) is 9.97 Å². The van der Waals surface area contributed by atoms with Crippen molar-refractivity contribution in [3.8, 4) is 35.2 Å². The molecule has 1 aliphatic carbocycles. The second-order valence-corrected chi connectivity index (χ2v) is 15.9. The fourth-order valence-electron chi connectivity index (χ4n) is 9.07. The minimum Gasteiger partial charge on any atom is -0.508 e. The van der Waals surface area contributed by atoms with Crippen molar-refractivity contribution in [3.05, 3.63) is 53.6 Å². The fraction of sp³-hybridized carbons (Fsp3) is 0.487. The number of nitrogens with zero attached hydrogens (tertiary/aromatic N) is 4. The molecule has 0 radical (unpaired) electrons. The number of fused-ring (bicyclic) bond motifs is 5. The van der Waals surface area contributed by atoms with Crippen LogP contribution in [-0.4, -0.2) is 84.6 Å². The van der Waals surface area contributed by atoms with E-state index in [0.717, 1.165) is 71.6 Å². The van der Waals surface area contributed by atoms with Gasteiger partial charge in [-0.25, -0.2) is 8.78 Å². The van der Waals surface area contributed by atoms with E-state index in [9.17, 15) is 9.50 Å². The van der Waals surface area contributed by atoms with Crippen molar-refractivity contribution in [2.45, 2.75) is 51.6 Å². The summed E-state index contributed by atoms with van der Waals surface area (Å²) in [5.41, 5.74) is 1.37. The van der Waals surface area contributed by atoms with Gasteiger partial charge in [0.1, 0.15) is 23.2 Å². The van der Waals surface area contributed by atoms with Gasteiger partial charge in [0.2, 0.25) is 0 Å². The highest BCUT2D eigenvalue weighted by atomic mass is 19.1. The Balaban J connectivity index is 1.09. The van der Waals surface area contributed by atoms with E-state index in [2.05, 4.69) is 34.9 Å². The minimum absolute atomic E-state index is 0.0163. The van der Waals surface area contributed by atoms with Crippen molar-refractivity contribution in [1.29, 1.82) is 0 Å². The number of phenolic OH excluding ortho intramolecular Hbond substituents is 1. The molecule has 49 heavy (non-hydrogen) atoms. The summed E-state index contributed by atoms with van der Waals surface area (Å²) in [5.74, 6) is 1.88. The third-order valence-electron chi connectivity index (χ3n) is 12.2. The summed E-state index contributed by atoms with van der Waals surface area (Å²) >= 11 is 0. The Morgan fingerprint density at radius 2 is 1.73 bits per heavy atom. The number of piperazine rings is 1. The standard InChI is InChI=1S/C39H41F2N5O3/c1-4-27-31(40)8-5-23-11-26(47)12-29(34(23)27)28-14-33-30(13-32(28)41)35(46-15-24-6-7-25(16-46)42-24)44-36(43-33)49-22-39(9-10-39)19-45-17-37(2)20-48-21-38(37,3)18-45/h1,5,8,11-14,24-25,42,47H,6-7,9-10,15-22H2,2-3H3/t24?,25?,37-,38+. The van der Waals surface area contributed by atoms with E-state index in [1.807, 2.05) is 0 Å². The monoisotopic (exact) mass is 665 g/mol. The molecule has 2 bridgehead atoms. The van der Waals surface area contributed by atoms with E-state index in [1.54, 1.807) is 6.07 Å². The zero-order chi connectivity index (χ0) is 33.7. The Kier molecular flexibility index (Phi) is 6.94. The van der Waals surface area contributed by atoms with Crippen molar-refractivity contribution in [1.82, 2.24) is 20.2 Å². The molecule has 3 aromatic carbocycles. The largest absolute Gasteiger partial charge is 0.508 e. The van der Waals surface area contributed by atoms with Gasteiger partial charge in [0.15, 0.2) is 0 Å². The van der Waals surface area contributed by atoms with Gasteiger partial charge in [-0.3, -0.25) is 0 Å². The average molecular weight is 666 g/mol. The van der Waals surface area contributed by atoms with Gasteiger partial charge in [-0.05, 0) is 67.0 Å². The molecule has 2 N–H and O–H groups in total. The fourth-order valence-corrected chi connectivity index (χ4v) is 9.07. The van der Waals surface area contributed by atoms with Crippen molar-refractivity contribution in [2.24, 2.45) is 16.2 Å². The maximum Gasteiger partial charge on any atom is 0.318 e. The third-order valence-corrected chi connectivity index (χ3v) is 12.2. The molecular weight excluding hydrogens is 624 g/mol. The first-order chi connectivity index (χ1) is 23.5. The average Bonchev–Trinajstić information content (AvgIpc) is 3.57. The van der Waals surface area contributed by atoms with Gasteiger partial charge in [0, 0.05) is 77.4 Å². The first-order valence-corrected chi connectivity index (χ1v) is 17.4. The number of halogens is 2. The first-order valence-electron chi connectivity index (χ1n) is 17.4. The molecule has 0 amide bonds. The minimum atomic E-state index is -0.584. The number of terminal acetylenes is 1. The zero-order valence-electron chi connectivity index (χ0n) is 28.0. The van der Waals surface area contributed by atoms with E-state index in [0.29, 0.717) is 51.7 Å². The molecule has 1 saturated carbocycles. The van der Waals surface area contributed by atoms with Gasteiger partial charge >= 0.3 is 6.01 Å². The molecule has 2 unspecified atom stereocenters. The maximum absolute atomic E-state index is 16.3. The van der Waals surface area contributed by atoms with Crippen LogP contribution in [0.4, 0.5) is 14.6 Å². The smallest absolute Gasteiger partial charge is 0.318 e. The van der Waals surface area contributed by atoms with Crippen LogP contribution < -0.4 is 15.0 Å². The first kappa shape index (κ1) is 31.0. The van der Waals surface area contributed by atoms with Crippen LogP contribution in [0.3, 0.4) is 0 Å². The summed E-state index contributed by atoms with van der Waals surface area (Å²) in [6, 6.07) is 9.78. The van der Waals surface area contributed by atoms with Crippen molar-refractivity contribution in [3.63, 3.8) is 0 Å². The molecule has 8 nitrogen and oxygen atoms in total. The number of aromatic hydroxyl groups is 1. The van der Waals surface area contributed by atoms with Crippen molar-refractivity contribution < 1.29 is 23.4 Å². The van der Waals surface area contributed by atoms with E-state index in [1.165, 1.54) is 30.3 Å². The van der Waals surface area contributed by atoms with E-state index >= 15 is 4.39 Å². The van der Waals surface area contributed by atoms with Crippen LogP contribution >= 0.6 is 0 Å². The molecule has 4 saturated heterocycles. The Bertz CT molecular complexity index is 2030. The van der Waals surface area contributed by atoms with Crippen LogP contribution in [0.2, 0.25) is 0 Å². The molecule has 4 aliphatic heterocycles. The SMILES string of the molecule is C#Cc1c(F)ccc2cc(O)cc(-c3cc4nc(OCC5(CN6C[C@]7(C)COC[C@]7(C)C6)CC5)nc(N5CC6CCC(C5)N6)c4cc3F)c12. The summed E-state index contributed by atoms with van der Waals surface area (Å²) < 4.78 is 43.6. The molecule has 4 aromatic rings. The Morgan fingerprint density at radius 1 is 1.00 bits per heavy atom. The molecule has 10 heteroatoms. The molecule has 5 fully saturated rings. The Morgan fingerprint density at radius 3 is 2.43 bits per heavy atom. The van der Waals surface area contributed by atoms with Crippen LogP contribution in [0.25, 0.3) is 32.8 Å². The molecule has 5 heterocycles. The van der Waals surface area contributed by atoms with Gasteiger partial charge < -0.3 is 29.7 Å². The highest BCUT2D eigenvalue weighted by Gasteiger charge is 2.57. The number of phenols is 1. The molecule has 0 spiro atoms. The maximum atomic E-state index is 16.3. The number of aromatic nitrogens is 2. The van der Waals surface area contributed by atoms with E-state index in [-0.39, 0.29) is 39.1 Å². The van der Waals surface area contributed by atoms with Crippen LogP contribution in [0.15, 0.2) is 36.4 Å². The predicted molar refractivity (Wildman–Crippen MR) is 185 cm³/mol. The van der Waals surface area contributed by atoms with Gasteiger partial charge in [-0.1, -0.05) is 25.8 Å². The highest BCUT2D eigenvalue weighted by molar-refractivity contribution is 6.04. The summed E-state index contributed by atoms with van der Waals surface area (Å²) in [6.45, 7) is 11.4. The number of benzene rings is 3. The van der Waals surface area contributed by atoms with Crippen LogP contribution in [0.5, 0.6) is 11.8 Å². The van der Waals surface area contributed by atoms with Crippen LogP contribution in [-0.2, 0) is 4.74 Å². The van der Waals surface area contributed by atoms with E-state index < -0.39 is 11.6 Å². The van der Waals surface area contributed by atoms with Gasteiger partial charge in [0.25, 0.3) is 0 Å². The Labute approximate surface area is 284 Å². The highest BCUT2D eigenvalue weighted by Crippen LogP contribution is 2.54. The van der Waals surface area contributed by atoms with Crippen molar-refractivity contribution in [2.75, 3.05) is 57.4 Å². The molecule has 254 valence electrons. The number of ether oxygens (including phenoxy) is 2. The number of hydrogen-bond donors (Lipinski definition) is 2. The number of rotatable bonds is 7. The molecule has 5 aliphatic rings. The normalized spacial score (nSPS) is 28.7. The van der Waals surface area contributed by atoms with E-state index in [4.69, 9.17) is 25.9 Å². The molecule has 1 aromatic heterocycles. The summed E-state index contributed by atoms with van der Waals surface area (Å²) in [7, 11) is 0. The number of anilines is 1. The van der Waals surface area contributed by atoms with Gasteiger partial charge in [0.05, 0.1) is 30.9 Å². The van der Waals surface area contributed by atoms with Crippen molar-refractivity contribution >= 4 is 27.5 Å². The number of hydrogen-bond acceptors (Lipinski definition) is 8. The second kappa shape index (κ2) is 11.0. The summed E-state index contributed by atoms with van der Waals surface area (Å²) in [5, 5.41) is 15.7. The lowest BCUT2D eigenvalue weighted by Gasteiger charge is -2.34. The second-order valence-electron chi connectivity index (χ2n) is 15.9. The quantitative estimate of drug-likeness (QED) is 0.237. The third kappa shape index (κ3) is 5.12. The molecule has 9 rings (SSSR count). The molecule has 4 atom stereocenters.